The molecule has 0 saturated heterocycles. The van der Waals surface area contributed by atoms with Crippen LogP contribution >= 0.6 is 0 Å². The molecule has 1 atom stereocenters. The van der Waals surface area contributed by atoms with Crippen molar-refractivity contribution < 1.29 is 0 Å². The highest BCUT2D eigenvalue weighted by Crippen LogP contribution is 2.27. The number of allylic oxidation sites excluding steroid dienone is 6. The molecule has 1 aliphatic heterocycles. The maximum absolute atomic E-state index is 8.99. The Labute approximate surface area is 128 Å². The van der Waals surface area contributed by atoms with Gasteiger partial charge >= 0.3 is 0 Å². The molecule has 0 aromatic heterocycles. The lowest BCUT2D eigenvalue weighted by Gasteiger charge is -2.33. The number of hydrogen-bond donors (Lipinski definition) is 0. The number of hydrogen-bond acceptors (Lipinski definition) is 3. The topological polar surface area (TPSA) is 50.8 Å². The molecule has 21 heavy (non-hydrogen) atoms. The van der Waals surface area contributed by atoms with Crippen molar-refractivity contribution in [1.82, 2.24) is 4.90 Å². The molecule has 112 valence electrons. The summed E-state index contributed by atoms with van der Waals surface area (Å²) in [6, 6.07) is 3.94. The van der Waals surface area contributed by atoms with Crippen LogP contribution in [0.3, 0.4) is 0 Å². The summed E-state index contributed by atoms with van der Waals surface area (Å²) in [5, 5.41) is 18.0. The van der Waals surface area contributed by atoms with Crippen LogP contribution in [0.1, 0.15) is 53.4 Å². The molecule has 0 spiro atoms. The van der Waals surface area contributed by atoms with Crippen LogP contribution in [-0.4, -0.2) is 11.4 Å². The zero-order valence-corrected chi connectivity index (χ0v) is 13.6. The molecule has 0 aliphatic carbocycles. The van der Waals surface area contributed by atoms with E-state index in [2.05, 4.69) is 32.6 Å². The van der Waals surface area contributed by atoms with Crippen molar-refractivity contribution in [2.45, 2.75) is 53.4 Å². The van der Waals surface area contributed by atoms with Crippen LogP contribution in [0.15, 0.2) is 34.7 Å². The van der Waals surface area contributed by atoms with Crippen molar-refractivity contribution in [3.05, 3.63) is 34.7 Å². The van der Waals surface area contributed by atoms with Gasteiger partial charge in [0, 0.05) is 23.5 Å². The van der Waals surface area contributed by atoms with Gasteiger partial charge in [-0.3, -0.25) is 0 Å². The zero-order valence-electron chi connectivity index (χ0n) is 13.6. The van der Waals surface area contributed by atoms with Gasteiger partial charge in [0.25, 0.3) is 0 Å². The van der Waals surface area contributed by atoms with E-state index in [0.29, 0.717) is 5.92 Å². The summed E-state index contributed by atoms with van der Waals surface area (Å²) in [7, 11) is 0. The first-order chi connectivity index (χ1) is 10.1. The first kappa shape index (κ1) is 17.1. The van der Waals surface area contributed by atoms with Crippen molar-refractivity contribution in [3.63, 3.8) is 0 Å². The van der Waals surface area contributed by atoms with E-state index in [1.165, 1.54) is 25.7 Å². The first-order valence-corrected chi connectivity index (χ1v) is 7.75. The van der Waals surface area contributed by atoms with Crippen LogP contribution < -0.4 is 0 Å². The third kappa shape index (κ3) is 4.50. The average molecular weight is 283 g/mol. The third-order valence-electron chi connectivity index (χ3n) is 4.08. The molecule has 1 aliphatic rings. The number of nitrogens with zero attached hydrogens (tertiary/aromatic N) is 3. The Hall–Kier alpha value is -2.00. The quantitative estimate of drug-likeness (QED) is 0.666. The molecule has 0 radical (unpaired) electrons. The number of rotatable bonds is 6. The molecule has 0 fully saturated rings. The van der Waals surface area contributed by atoms with Crippen LogP contribution in [0.5, 0.6) is 0 Å². The predicted octanol–water partition coefficient (Wildman–Crippen LogP) is 4.67. The van der Waals surface area contributed by atoms with Gasteiger partial charge in [0.1, 0.15) is 17.7 Å². The molecule has 3 heteroatoms. The lowest BCUT2D eigenvalue weighted by atomic mass is 9.96. The fourth-order valence-corrected chi connectivity index (χ4v) is 2.69. The Morgan fingerprint density at radius 1 is 1.14 bits per heavy atom. The minimum atomic E-state index is 0.186. The van der Waals surface area contributed by atoms with Crippen LogP contribution in [0, 0.1) is 28.6 Å². The van der Waals surface area contributed by atoms with Gasteiger partial charge in [-0.2, -0.15) is 10.5 Å². The highest BCUT2D eigenvalue weighted by molar-refractivity contribution is 5.53. The van der Waals surface area contributed by atoms with E-state index in [-0.39, 0.29) is 5.57 Å². The molecule has 3 nitrogen and oxygen atoms in total. The summed E-state index contributed by atoms with van der Waals surface area (Å²) >= 11 is 0. The molecule has 0 aromatic rings. The molecule has 0 amide bonds. The number of nitriles is 2. The second kappa shape index (κ2) is 8.32. The summed E-state index contributed by atoms with van der Waals surface area (Å²) in [5.41, 5.74) is 3.14. The Balaban J connectivity index is 2.92. The van der Waals surface area contributed by atoms with Gasteiger partial charge in [-0.25, -0.2) is 0 Å². The van der Waals surface area contributed by atoms with Gasteiger partial charge in [0.05, 0.1) is 0 Å². The summed E-state index contributed by atoms with van der Waals surface area (Å²) in [5.74, 6) is 0.689. The van der Waals surface area contributed by atoms with E-state index in [1.54, 1.807) is 0 Å². The van der Waals surface area contributed by atoms with Crippen molar-refractivity contribution >= 4 is 0 Å². The van der Waals surface area contributed by atoms with Gasteiger partial charge in [0.2, 0.25) is 0 Å². The van der Waals surface area contributed by atoms with E-state index in [1.807, 2.05) is 24.3 Å². The maximum atomic E-state index is 8.99. The Kier molecular flexibility index (Phi) is 6.76. The fourth-order valence-electron chi connectivity index (χ4n) is 2.69. The van der Waals surface area contributed by atoms with E-state index < -0.39 is 0 Å². The summed E-state index contributed by atoms with van der Waals surface area (Å²) in [4.78, 5) is 2.31. The summed E-state index contributed by atoms with van der Waals surface area (Å²) in [6.07, 6.45) is 8.84. The molecule has 1 rings (SSSR count). The lowest BCUT2D eigenvalue weighted by Crippen LogP contribution is -2.28. The Morgan fingerprint density at radius 3 is 2.14 bits per heavy atom. The average Bonchev–Trinajstić information content (AvgIpc) is 2.47. The highest BCUT2D eigenvalue weighted by Gasteiger charge is 2.18. The molecule has 0 N–H and O–H groups in total. The molecule has 1 unspecified atom stereocenters. The summed E-state index contributed by atoms with van der Waals surface area (Å²) < 4.78 is 0. The third-order valence-corrected chi connectivity index (χ3v) is 4.08. The normalized spacial score (nSPS) is 15.7. The monoisotopic (exact) mass is 283 g/mol. The van der Waals surface area contributed by atoms with Crippen molar-refractivity contribution in [1.29, 1.82) is 10.5 Å². The van der Waals surface area contributed by atoms with Gasteiger partial charge in [-0.1, -0.05) is 33.1 Å². The SMILES string of the molecule is CCCCC(CC)CN1C(C)=CC(=C(C#N)C#N)C=C1C. The van der Waals surface area contributed by atoms with Crippen LogP contribution in [0.25, 0.3) is 0 Å². The van der Waals surface area contributed by atoms with E-state index in [4.69, 9.17) is 10.5 Å². The molecular formula is C18H25N3. The lowest BCUT2D eigenvalue weighted by molar-refractivity contribution is 0.312. The first-order valence-electron chi connectivity index (χ1n) is 7.75. The van der Waals surface area contributed by atoms with Crippen LogP contribution in [-0.2, 0) is 0 Å². The summed E-state index contributed by atoms with van der Waals surface area (Å²) in [6.45, 7) is 9.59. The second-order valence-electron chi connectivity index (χ2n) is 5.65. The van der Waals surface area contributed by atoms with Crippen molar-refractivity contribution in [2.24, 2.45) is 5.92 Å². The van der Waals surface area contributed by atoms with E-state index in [0.717, 1.165) is 23.5 Å². The maximum Gasteiger partial charge on any atom is 0.137 e. The van der Waals surface area contributed by atoms with E-state index >= 15 is 0 Å². The Bertz CT molecular complexity index is 500. The van der Waals surface area contributed by atoms with Gasteiger partial charge in [-0.15, -0.1) is 0 Å². The number of unbranched alkanes of at least 4 members (excludes halogenated alkanes) is 1. The van der Waals surface area contributed by atoms with Gasteiger partial charge in [0.15, 0.2) is 0 Å². The largest absolute Gasteiger partial charge is 0.349 e. The van der Waals surface area contributed by atoms with E-state index in [9.17, 15) is 0 Å². The zero-order chi connectivity index (χ0) is 15.8. The molecule has 0 bridgehead atoms. The minimum Gasteiger partial charge on any atom is -0.349 e. The highest BCUT2D eigenvalue weighted by atomic mass is 15.1. The molecule has 0 saturated carbocycles. The van der Waals surface area contributed by atoms with Crippen molar-refractivity contribution in [3.8, 4) is 12.1 Å². The molecule has 1 heterocycles. The fraction of sp³-hybridized carbons (Fsp3) is 0.556. The predicted molar refractivity (Wildman–Crippen MR) is 85.8 cm³/mol. The Morgan fingerprint density at radius 2 is 1.71 bits per heavy atom. The van der Waals surface area contributed by atoms with Gasteiger partial charge in [-0.05, 0) is 38.3 Å². The van der Waals surface area contributed by atoms with Gasteiger partial charge < -0.3 is 4.90 Å². The standard InChI is InChI=1S/C18H25N3/c1-5-7-8-16(6-2)13-21-14(3)9-17(10-15(21)4)18(11-19)12-20/h9-10,16H,5-8,13H2,1-4H3. The van der Waals surface area contributed by atoms with Crippen LogP contribution in [0.2, 0.25) is 0 Å². The molecular weight excluding hydrogens is 258 g/mol. The van der Waals surface area contributed by atoms with Crippen molar-refractivity contribution in [2.75, 3.05) is 6.54 Å². The molecule has 0 aromatic carbocycles. The minimum absolute atomic E-state index is 0.186. The second-order valence-corrected chi connectivity index (χ2v) is 5.65. The smallest absolute Gasteiger partial charge is 0.137 e. The van der Waals surface area contributed by atoms with Crippen LogP contribution in [0.4, 0.5) is 0 Å².